The van der Waals surface area contributed by atoms with Crippen molar-refractivity contribution < 1.29 is 9.53 Å². The molecule has 1 amide bonds. The lowest BCUT2D eigenvalue weighted by Gasteiger charge is -2.12. The lowest BCUT2D eigenvalue weighted by molar-refractivity contribution is -0.120. The van der Waals surface area contributed by atoms with Crippen LogP contribution in [0.4, 0.5) is 0 Å². The van der Waals surface area contributed by atoms with Crippen molar-refractivity contribution in [3.05, 3.63) is 58.6 Å². The number of amides is 1. The van der Waals surface area contributed by atoms with Gasteiger partial charge in [0, 0.05) is 14.9 Å². The third kappa shape index (κ3) is 6.34. The van der Waals surface area contributed by atoms with Gasteiger partial charge in [-0.05, 0) is 55.5 Å². The Morgan fingerprint density at radius 2 is 1.65 bits per heavy atom. The number of hydrogen-bond acceptors (Lipinski definition) is 3. The van der Waals surface area contributed by atoms with Crippen LogP contribution < -0.4 is 10.1 Å². The minimum Gasteiger partial charge on any atom is -0.492 e. The van der Waals surface area contributed by atoms with Crippen LogP contribution >= 0.6 is 35.0 Å². The molecule has 2 aromatic rings. The van der Waals surface area contributed by atoms with Crippen LogP contribution in [0.5, 0.6) is 5.75 Å². The van der Waals surface area contributed by atoms with E-state index in [-0.39, 0.29) is 11.2 Å². The Kier molecular flexibility index (Phi) is 7.09. The highest BCUT2D eigenvalue weighted by Gasteiger charge is 2.13. The third-order valence-corrected chi connectivity index (χ3v) is 4.60. The molecule has 0 aliphatic carbocycles. The summed E-state index contributed by atoms with van der Waals surface area (Å²) in [5.74, 6) is 0.705. The fraction of sp³-hybridized carbons (Fsp3) is 0.235. The van der Waals surface area contributed by atoms with E-state index in [1.54, 1.807) is 24.3 Å². The summed E-state index contributed by atoms with van der Waals surface area (Å²) in [4.78, 5) is 13.0. The minimum atomic E-state index is -0.188. The second-order valence-electron chi connectivity index (χ2n) is 4.81. The standard InChI is InChI=1S/C17H17Cl2NO2S/c1-12(23-16-8-4-14(19)5-9-16)17(21)20-10-11-22-15-6-2-13(18)3-7-15/h2-9,12H,10-11H2,1H3,(H,20,21)/t12-/m1/s1. The first-order chi connectivity index (χ1) is 11.0. The maximum atomic E-state index is 12.0. The lowest BCUT2D eigenvalue weighted by Crippen LogP contribution is -2.33. The molecule has 0 bridgehead atoms. The van der Waals surface area contributed by atoms with Crippen LogP contribution in [0.3, 0.4) is 0 Å². The Labute approximate surface area is 150 Å². The van der Waals surface area contributed by atoms with Crippen LogP contribution in [-0.4, -0.2) is 24.3 Å². The van der Waals surface area contributed by atoms with Gasteiger partial charge in [-0.2, -0.15) is 0 Å². The van der Waals surface area contributed by atoms with Crippen LogP contribution in [0.15, 0.2) is 53.4 Å². The Morgan fingerprint density at radius 3 is 2.26 bits per heavy atom. The normalized spacial score (nSPS) is 11.8. The summed E-state index contributed by atoms with van der Waals surface area (Å²) in [5.41, 5.74) is 0. The molecule has 1 N–H and O–H groups in total. The Hall–Kier alpha value is -1.36. The minimum absolute atomic E-state index is 0.0235. The number of carbonyl (C=O) groups is 1. The number of hydrogen-bond donors (Lipinski definition) is 1. The van der Waals surface area contributed by atoms with Gasteiger partial charge in [0.1, 0.15) is 12.4 Å². The second-order valence-corrected chi connectivity index (χ2v) is 7.09. The van der Waals surface area contributed by atoms with Crippen molar-refractivity contribution in [3.8, 4) is 5.75 Å². The predicted molar refractivity (Wildman–Crippen MR) is 96.7 cm³/mol. The molecule has 0 fully saturated rings. The molecule has 122 valence electrons. The van der Waals surface area contributed by atoms with Crippen LogP contribution in [0.2, 0.25) is 10.0 Å². The van der Waals surface area contributed by atoms with Gasteiger partial charge in [-0.25, -0.2) is 0 Å². The molecule has 0 spiro atoms. The van der Waals surface area contributed by atoms with E-state index in [4.69, 9.17) is 27.9 Å². The maximum Gasteiger partial charge on any atom is 0.233 e. The number of halogens is 2. The lowest BCUT2D eigenvalue weighted by atomic mass is 10.3. The van der Waals surface area contributed by atoms with Crippen molar-refractivity contribution >= 4 is 40.9 Å². The summed E-state index contributed by atoms with van der Waals surface area (Å²) in [6.07, 6.45) is 0. The Bertz CT molecular complexity index is 632. The fourth-order valence-electron chi connectivity index (χ4n) is 1.79. The molecule has 0 unspecified atom stereocenters. The first kappa shape index (κ1) is 18.0. The number of benzene rings is 2. The molecule has 0 aliphatic heterocycles. The number of ether oxygens (including phenoxy) is 1. The molecule has 1 atom stereocenters. The molecule has 23 heavy (non-hydrogen) atoms. The van der Waals surface area contributed by atoms with Crippen molar-refractivity contribution in [2.75, 3.05) is 13.2 Å². The zero-order chi connectivity index (χ0) is 16.7. The zero-order valence-corrected chi connectivity index (χ0v) is 14.9. The highest BCUT2D eigenvalue weighted by Crippen LogP contribution is 2.24. The molecule has 0 aliphatic rings. The summed E-state index contributed by atoms with van der Waals surface area (Å²) < 4.78 is 5.53. The molecule has 0 radical (unpaired) electrons. The summed E-state index contributed by atoms with van der Waals surface area (Å²) in [7, 11) is 0. The summed E-state index contributed by atoms with van der Waals surface area (Å²) >= 11 is 13.1. The predicted octanol–water partition coefficient (Wildman–Crippen LogP) is 4.67. The SMILES string of the molecule is C[C@@H](Sc1ccc(Cl)cc1)C(=O)NCCOc1ccc(Cl)cc1. The highest BCUT2D eigenvalue weighted by molar-refractivity contribution is 8.00. The molecule has 6 heteroatoms. The fourth-order valence-corrected chi connectivity index (χ4v) is 2.93. The Balaban J connectivity index is 1.69. The molecular weight excluding hydrogens is 353 g/mol. The van der Waals surface area contributed by atoms with E-state index in [0.29, 0.717) is 23.2 Å². The number of thioether (sulfide) groups is 1. The van der Waals surface area contributed by atoms with Crippen molar-refractivity contribution in [3.63, 3.8) is 0 Å². The average molecular weight is 370 g/mol. The largest absolute Gasteiger partial charge is 0.492 e. The summed E-state index contributed by atoms with van der Waals surface area (Å²) in [5, 5.41) is 4.02. The third-order valence-electron chi connectivity index (χ3n) is 2.98. The van der Waals surface area contributed by atoms with E-state index < -0.39 is 0 Å². The van der Waals surface area contributed by atoms with Gasteiger partial charge >= 0.3 is 0 Å². The second kappa shape index (κ2) is 9.06. The first-order valence-corrected chi connectivity index (χ1v) is 8.76. The first-order valence-electron chi connectivity index (χ1n) is 7.13. The summed E-state index contributed by atoms with van der Waals surface area (Å²) in [6, 6.07) is 14.6. The number of rotatable bonds is 7. The van der Waals surface area contributed by atoms with Gasteiger partial charge in [-0.15, -0.1) is 11.8 Å². The quantitative estimate of drug-likeness (QED) is 0.569. The Morgan fingerprint density at radius 1 is 1.09 bits per heavy atom. The summed E-state index contributed by atoms with van der Waals surface area (Å²) in [6.45, 7) is 2.73. The molecule has 3 nitrogen and oxygen atoms in total. The van der Waals surface area contributed by atoms with Crippen LogP contribution in [0.1, 0.15) is 6.92 Å². The van der Waals surface area contributed by atoms with Gasteiger partial charge in [0.2, 0.25) is 5.91 Å². The van der Waals surface area contributed by atoms with Gasteiger partial charge in [0.15, 0.2) is 0 Å². The molecule has 0 saturated carbocycles. The van der Waals surface area contributed by atoms with E-state index in [1.807, 2.05) is 31.2 Å². The molecule has 0 saturated heterocycles. The van der Waals surface area contributed by atoms with Crippen LogP contribution in [-0.2, 0) is 4.79 Å². The zero-order valence-electron chi connectivity index (χ0n) is 12.6. The van der Waals surface area contributed by atoms with Gasteiger partial charge in [-0.1, -0.05) is 23.2 Å². The highest BCUT2D eigenvalue weighted by atomic mass is 35.5. The van der Waals surface area contributed by atoms with E-state index in [2.05, 4.69) is 5.32 Å². The van der Waals surface area contributed by atoms with Gasteiger partial charge in [0.05, 0.1) is 11.8 Å². The van der Waals surface area contributed by atoms with Crippen LogP contribution in [0, 0.1) is 0 Å². The van der Waals surface area contributed by atoms with Crippen molar-refractivity contribution in [1.82, 2.24) is 5.32 Å². The molecular formula is C17H17Cl2NO2S. The number of nitrogens with one attached hydrogen (secondary N) is 1. The van der Waals surface area contributed by atoms with E-state index in [0.717, 1.165) is 10.6 Å². The van der Waals surface area contributed by atoms with Crippen molar-refractivity contribution in [2.24, 2.45) is 0 Å². The van der Waals surface area contributed by atoms with Gasteiger partial charge < -0.3 is 10.1 Å². The van der Waals surface area contributed by atoms with Gasteiger partial charge in [-0.3, -0.25) is 4.79 Å². The van der Waals surface area contributed by atoms with Crippen LogP contribution in [0.25, 0.3) is 0 Å². The average Bonchev–Trinajstić information content (AvgIpc) is 2.55. The molecule has 2 rings (SSSR count). The van der Waals surface area contributed by atoms with E-state index in [9.17, 15) is 4.79 Å². The molecule has 0 heterocycles. The van der Waals surface area contributed by atoms with Crippen molar-refractivity contribution in [2.45, 2.75) is 17.1 Å². The monoisotopic (exact) mass is 369 g/mol. The topological polar surface area (TPSA) is 38.3 Å². The van der Waals surface area contributed by atoms with Gasteiger partial charge in [0.25, 0.3) is 0 Å². The maximum absolute atomic E-state index is 12.0. The molecule has 2 aromatic carbocycles. The van der Waals surface area contributed by atoms with E-state index >= 15 is 0 Å². The van der Waals surface area contributed by atoms with Crippen molar-refractivity contribution in [1.29, 1.82) is 0 Å². The van der Waals surface area contributed by atoms with E-state index in [1.165, 1.54) is 11.8 Å². The number of carbonyl (C=O) groups excluding carboxylic acids is 1. The molecule has 0 aromatic heterocycles. The smallest absolute Gasteiger partial charge is 0.233 e.